The Morgan fingerprint density at radius 3 is 2.86 bits per heavy atom. The molecule has 0 N–H and O–H groups in total. The van der Waals surface area contributed by atoms with Crippen molar-refractivity contribution in [2.45, 2.75) is 38.3 Å². The highest BCUT2D eigenvalue weighted by atomic mass is 32.2. The van der Waals surface area contributed by atoms with Gasteiger partial charge in [-0.05, 0) is 25.7 Å². The topological polar surface area (TPSA) is 31.0 Å². The Balaban J connectivity index is 1.67. The van der Waals surface area contributed by atoms with Crippen molar-refractivity contribution in [1.82, 2.24) is 0 Å². The molecule has 3 nitrogen and oxygen atoms in total. The van der Waals surface area contributed by atoms with Gasteiger partial charge < -0.3 is 14.2 Å². The second-order valence-electron chi connectivity index (χ2n) is 5.43. The van der Waals surface area contributed by atoms with Crippen LogP contribution in [0.4, 0.5) is 0 Å². The van der Waals surface area contributed by atoms with Crippen LogP contribution in [-0.4, -0.2) is 36.6 Å². The fourth-order valence-electron chi connectivity index (χ4n) is 2.03. The number of hydrogen-bond donors (Lipinski definition) is 0. The average molecular weight is 308 g/mol. The van der Waals surface area contributed by atoms with Gasteiger partial charge in [0.1, 0.15) is 11.7 Å². The monoisotopic (exact) mass is 308 g/mol. The first-order chi connectivity index (χ1) is 10.1. The Morgan fingerprint density at radius 1 is 1.38 bits per heavy atom. The summed E-state index contributed by atoms with van der Waals surface area (Å²) in [5.74, 6) is 0.715. The van der Waals surface area contributed by atoms with Crippen molar-refractivity contribution in [3.8, 4) is 0 Å². The Morgan fingerprint density at radius 2 is 2.14 bits per heavy atom. The van der Waals surface area contributed by atoms with E-state index in [1.807, 2.05) is 31.4 Å². The molecule has 0 saturated carbocycles. The molecule has 0 unspecified atom stereocenters. The summed E-state index contributed by atoms with van der Waals surface area (Å²) >= 11 is 1.68. The van der Waals surface area contributed by atoms with Gasteiger partial charge in [0.05, 0.1) is 25.3 Å². The molecule has 1 aromatic rings. The van der Waals surface area contributed by atoms with Crippen LogP contribution in [0.15, 0.2) is 42.5 Å². The molecule has 1 fully saturated rings. The van der Waals surface area contributed by atoms with E-state index in [4.69, 9.17) is 14.2 Å². The van der Waals surface area contributed by atoms with Crippen molar-refractivity contribution in [3.63, 3.8) is 0 Å². The van der Waals surface area contributed by atoms with Gasteiger partial charge in [0, 0.05) is 0 Å². The van der Waals surface area contributed by atoms with Crippen LogP contribution >= 0.6 is 11.8 Å². The second kappa shape index (κ2) is 7.99. The maximum Gasteiger partial charge on any atom is 0.114 e. The third-order valence-electron chi connectivity index (χ3n) is 3.51. The van der Waals surface area contributed by atoms with Gasteiger partial charge in [0.25, 0.3) is 0 Å². The van der Waals surface area contributed by atoms with Gasteiger partial charge >= 0.3 is 0 Å². The predicted octanol–water partition coefficient (Wildman–Crippen LogP) is 3.64. The van der Waals surface area contributed by atoms with Crippen molar-refractivity contribution in [2.24, 2.45) is 0 Å². The number of rotatable bonds is 9. The van der Waals surface area contributed by atoms with Crippen LogP contribution < -0.4 is 0 Å². The lowest BCUT2D eigenvalue weighted by atomic mass is 10.1. The van der Waals surface area contributed by atoms with Crippen molar-refractivity contribution < 1.29 is 14.2 Å². The molecule has 0 aliphatic carbocycles. The Bertz CT molecular complexity index is 449. The highest BCUT2D eigenvalue weighted by Crippen LogP contribution is 2.37. The van der Waals surface area contributed by atoms with Crippen molar-refractivity contribution >= 4 is 11.8 Å². The van der Waals surface area contributed by atoms with Crippen LogP contribution in [0.3, 0.4) is 0 Å². The van der Waals surface area contributed by atoms with E-state index in [0.717, 1.165) is 0 Å². The molecule has 0 bridgehead atoms. The molecule has 1 saturated heterocycles. The minimum atomic E-state index is -0.201. The maximum absolute atomic E-state index is 5.72. The average Bonchev–Trinajstić information content (AvgIpc) is 3.15. The van der Waals surface area contributed by atoms with Gasteiger partial charge in [-0.1, -0.05) is 42.5 Å². The van der Waals surface area contributed by atoms with Crippen molar-refractivity contribution in [3.05, 3.63) is 48.0 Å². The third kappa shape index (κ3) is 5.47. The molecule has 1 aliphatic heterocycles. The smallest absolute Gasteiger partial charge is 0.114 e. The molecule has 116 valence electrons. The number of epoxide rings is 1. The zero-order valence-electron chi connectivity index (χ0n) is 13.0. The molecule has 1 aliphatic rings. The van der Waals surface area contributed by atoms with E-state index in [2.05, 4.69) is 31.2 Å². The van der Waals surface area contributed by atoms with Gasteiger partial charge in [-0.15, -0.1) is 11.8 Å². The maximum atomic E-state index is 5.72. The van der Waals surface area contributed by atoms with Crippen LogP contribution in [-0.2, 0) is 20.8 Å². The van der Waals surface area contributed by atoms with Gasteiger partial charge in [0.2, 0.25) is 0 Å². The highest BCUT2D eigenvalue weighted by Gasteiger charge is 2.50. The standard InChI is InChI=1S/C17H24O3S/c1-14(19-13-21-3)9-10-17(2)16(20-17)12-18-11-15-7-5-4-6-8-15/h4-10,14,16H,11-13H2,1-3H3/b10-9-/t14-,16+,17-/m0/s1. The number of thioether (sulfide) groups is 1. The fourth-order valence-corrected chi connectivity index (χ4v) is 2.38. The summed E-state index contributed by atoms with van der Waals surface area (Å²) in [6, 6.07) is 10.2. The predicted molar refractivity (Wildman–Crippen MR) is 87.4 cm³/mol. The van der Waals surface area contributed by atoms with Crippen molar-refractivity contribution in [2.75, 3.05) is 18.8 Å². The Labute approximate surface area is 131 Å². The van der Waals surface area contributed by atoms with Crippen LogP contribution in [0.1, 0.15) is 19.4 Å². The summed E-state index contributed by atoms with van der Waals surface area (Å²) in [6.45, 7) is 5.38. The molecule has 1 heterocycles. The Kier molecular flexibility index (Phi) is 6.30. The van der Waals surface area contributed by atoms with Crippen molar-refractivity contribution in [1.29, 1.82) is 0 Å². The lowest BCUT2D eigenvalue weighted by Gasteiger charge is -2.07. The van der Waals surface area contributed by atoms with E-state index in [0.29, 0.717) is 19.2 Å². The number of benzene rings is 1. The zero-order chi connectivity index (χ0) is 15.1. The van der Waals surface area contributed by atoms with Crippen LogP contribution in [0.25, 0.3) is 0 Å². The first kappa shape index (κ1) is 16.6. The van der Waals surface area contributed by atoms with Crippen LogP contribution in [0, 0.1) is 0 Å². The SMILES string of the molecule is CSCO[C@@H](C)/C=C\[C@]1(C)O[C@@H]1COCc1ccccc1. The van der Waals surface area contributed by atoms with E-state index in [9.17, 15) is 0 Å². The third-order valence-corrected chi connectivity index (χ3v) is 3.88. The normalized spacial score (nSPS) is 26.1. The molecule has 1 aromatic carbocycles. The highest BCUT2D eigenvalue weighted by molar-refractivity contribution is 7.98. The summed E-state index contributed by atoms with van der Waals surface area (Å²) < 4.78 is 17.0. The molecule has 0 spiro atoms. The van der Waals surface area contributed by atoms with E-state index >= 15 is 0 Å². The summed E-state index contributed by atoms with van der Waals surface area (Å²) in [4.78, 5) is 0. The molecular weight excluding hydrogens is 284 g/mol. The first-order valence-electron chi connectivity index (χ1n) is 7.23. The lowest BCUT2D eigenvalue weighted by Crippen LogP contribution is -2.13. The second-order valence-corrected chi connectivity index (χ2v) is 6.24. The lowest BCUT2D eigenvalue weighted by molar-refractivity contribution is 0.104. The van der Waals surface area contributed by atoms with E-state index in [-0.39, 0.29) is 17.8 Å². The summed E-state index contributed by atoms with van der Waals surface area (Å²) in [5, 5.41) is 0. The van der Waals surface area contributed by atoms with Crippen LogP contribution in [0.5, 0.6) is 0 Å². The summed E-state index contributed by atoms with van der Waals surface area (Å²) in [6.07, 6.45) is 6.44. The van der Waals surface area contributed by atoms with E-state index < -0.39 is 0 Å². The van der Waals surface area contributed by atoms with Gasteiger partial charge in [0.15, 0.2) is 0 Å². The summed E-state index contributed by atoms with van der Waals surface area (Å²) in [5.41, 5.74) is 0.989. The molecule has 2 rings (SSSR count). The molecule has 0 aromatic heterocycles. The molecular formula is C17H24O3S. The minimum Gasteiger partial charge on any atom is -0.374 e. The number of ether oxygens (including phenoxy) is 3. The first-order valence-corrected chi connectivity index (χ1v) is 8.63. The molecule has 0 amide bonds. The number of hydrogen-bond acceptors (Lipinski definition) is 4. The molecule has 21 heavy (non-hydrogen) atoms. The van der Waals surface area contributed by atoms with E-state index in [1.165, 1.54) is 5.56 Å². The quantitative estimate of drug-likeness (QED) is 0.396. The Hall–Kier alpha value is -0.810. The fraction of sp³-hybridized carbons (Fsp3) is 0.529. The molecule has 3 atom stereocenters. The summed E-state index contributed by atoms with van der Waals surface area (Å²) in [7, 11) is 0. The van der Waals surface area contributed by atoms with Gasteiger partial charge in [-0.3, -0.25) is 0 Å². The van der Waals surface area contributed by atoms with E-state index in [1.54, 1.807) is 11.8 Å². The van der Waals surface area contributed by atoms with Crippen LogP contribution in [0.2, 0.25) is 0 Å². The molecule has 0 radical (unpaired) electrons. The van der Waals surface area contributed by atoms with Gasteiger partial charge in [-0.25, -0.2) is 0 Å². The minimum absolute atomic E-state index is 0.115. The van der Waals surface area contributed by atoms with Gasteiger partial charge in [-0.2, -0.15) is 0 Å². The molecule has 4 heteroatoms. The zero-order valence-corrected chi connectivity index (χ0v) is 13.8. The largest absolute Gasteiger partial charge is 0.374 e.